The van der Waals surface area contributed by atoms with E-state index in [1.54, 1.807) is 7.05 Å². The van der Waals surface area contributed by atoms with Crippen LogP contribution in [-0.2, 0) is 15.0 Å². The Bertz CT molecular complexity index is 405. The van der Waals surface area contributed by atoms with Gasteiger partial charge < -0.3 is 10.2 Å². The van der Waals surface area contributed by atoms with Gasteiger partial charge in [0, 0.05) is 17.9 Å². The van der Waals surface area contributed by atoms with Gasteiger partial charge >= 0.3 is 0 Å². The van der Waals surface area contributed by atoms with Crippen LogP contribution >= 0.6 is 15.9 Å². The van der Waals surface area contributed by atoms with E-state index in [-0.39, 0.29) is 11.6 Å². The van der Waals surface area contributed by atoms with Crippen LogP contribution in [0.1, 0.15) is 11.1 Å². The first-order chi connectivity index (χ1) is 7.74. The highest BCUT2D eigenvalue weighted by atomic mass is 79.9. The van der Waals surface area contributed by atoms with Crippen molar-refractivity contribution in [2.45, 2.75) is 5.33 Å². The van der Waals surface area contributed by atoms with E-state index in [1.807, 2.05) is 24.3 Å². The Morgan fingerprint density at radius 3 is 2.75 bits per heavy atom. The van der Waals surface area contributed by atoms with Crippen LogP contribution in [0.3, 0.4) is 0 Å². The highest BCUT2D eigenvalue weighted by Crippen LogP contribution is 2.14. The van der Waals surface area contributed by atoms with E-state index in [0.29, 0.717) is 5.33 Å². The summed E-state index contributed by atoms with van der Waals surface area (Å²) < 4.78 is 0. The maximum atomic E-state index is 11.6. The van der Waals surface area contributed by atoms with Crippen LogP contribution in [0.4, 0.5) is 0 Å². The average molecular weight is 285 g/mol. The van der Waals surface area contributed by atoms with E-state index >= 15 is 0 Å². The maximum absolute atomic E-state index is 11.6. The molecule has 1 aromatic carbocycles. The van der Waals surface area contributed by atoms with E-state index in [0.717, 1.165) is 11.1 Å². The molecular weight excluding hydrogens is 272 g/mol. The van der Waals surface area contributed by atoms with Crippen LogP contribution in [-0.4, -0.2) is 25.8 Å². The van der Waals surface area contributed by atoms with Crippen molar-refractivity contribution in [1.29, 1.82) is 0 Å². The molecule has 0 spiro atoms. The number of rotatable bonds is 4. The van der Waals surface area contributed by atoms with Crippen LogP contribution in [0, 0.1) is 0 Å². The number of nitrogens with zero attached hydrogens (tertiary/aromatic N) is 1. The Hall–Kier alpha value is -1.36. The number of likely N-dealkylation sites (N-methyl/N-ethyl adjacent to an activating group) is 1. The summed E-state index contributed by atoms with van der Waals surface area (Å²) >= 11 is 3.37. The number of alkyl halides is 1. The van der Waals surface area contributed by atoms with Crippen molar-refractivity contribution in [1.82, 2.24) is 5.32 Å². The fourth-order valence-corrected chi connectivity index (χ4v) is 1.78. The minimum absolute atomic E-state index is 0.268. The second kappa shape index (κ2) is 6.27. The summed E-state index contributed by atoms with van der Waals surface area (Å²) in [6.07, 6.45) is 0. The third-order valence-corrected chi connectivity index (χ3v) is 2.65. The fourth-order valence-electron chi connectivity index (χ4n) is 1.29. The summed E-state index contributed by atoms with van der Waals surface area (Å²) in [7, 11) is 2.98. The fraction of sp³-hybridized carbons (Fsp3) is 0.273. The van der Waals surface area contributed by atoms with Gasteiger partial charge in [-0.3, -0.25) is 4.79 Å². The lowest BCUT2D eigenvalue weighted by molar-refractivity contribution is -0.114. The van der Waals surface area contributed by atoms with E-state index in [1.165, 1.54) is 7.11 Å². The molecule has 0 aliphatic carbocycles. The molecule has 5 heteroatoms. The Morgan fingerprint density at radius 1 is 1.50 bits per heavy atom. The molecule has 0 aromatic heterocycles. The monoisotopic (exact) mass is 284 g/mol. The van der Waals surface area contributed by atoms with Gasteiger partial charge in [0.2, 0.25) is 0 Å². The second-order valence-corrected chi connectivity index (χ2v) is 3.55. The molecule has 0 saturated carbocycles. The number of oxime groups is 1. The quantitative estimate of drug-likeness (QED) is 0.520. The molecule has 0 heterocycles. The molecule has 0 unspecified atom stereocenters. The van der Waals surface area contributed by atoms with E-state index < -0.39 is 0 Å². The van der Waals surface area contributed by atoms with Gasteiger partial charge in [0.1, 0.15) is 7.11 Å². The Labute approximate surface area is 103 Å². The van der Waals surface area contributed by atoms with Gasteiger partial charge in [-0.25, -0.2) is 0 Å². The van der Waals surface area contributed by atoms with Crippen molar-refractivity contribution in [3.05, 3.63) is 35.4 Å². The Morgan fingerprint density at radius 2 is 2.19 bits per heavy atom. The molecule has 0 bridgehead atoms. The summed E-state index contributed by atoms with van der Waals surface area (Å²) in [5.74, 6) is -0.268. The van der Waals surface area contributed by atoms with Crippen molar-refractivity contribution in [3.63, 3.8) is 0 Å². The van der Waals surface area contributed by atoms with Crippen LogP contribution in [0.5, 0.6) is 0 Å². The van der Waals surface area contributed by atoms with Gasteiger partial charge in [-0.2, -0.15) is 0 Å². The standard InChI is InChI=1S/C11H13BrN2O2/c1-13-11(15)10(14-16-2)9-6-4-3-5-8(9)7-12/h3-6H,7H2,1-2H3,(H,13,15). The van der Waals surface area contributed by atoms with Gasteiger partial charge in [0.05, 0.1) is 0 Å². The SMILES string of the molecule is CNC(=O)C(=NOC)c1ccccc1CBr. The molecule has 0 fully saturated rings. The molecule has 0 saturated heterocycles. The van der Waals surface area contributed by atoms with Crippen molar-refractivity contribution < 1.29 is 9.63 Å². The highest BCUT2D eigenvalue weighted by molar-refractivity contribution is 9.08. The molecular formula is C11H13BrN2O2. The predicted molar refractivity (Wildman–Crippen MR) is 66.7 cm³/mol. The van der Waals surface area contributed by atoms with Crippen molar-refractivity contribution in [3.8, 4) is 0 Å². The number of benzene rings is 1. The zero-order valence-corrected chi connectivity index (χ0v) is 10.7. The molecule has 1 aromatic rings. The van der Waals surface area contributed by atoms with Crippen molar-refractivity contribution >= 4 is 27.5 Å². The number of carbonyl (C=O) groups excluding carboxylic acids is 1. The lowest BCUT2D eigenvalue weighted by atomic mass is 10.0. The summed E-state index contributed by atoms with van der Waals surface area (Å²) in [4.78, 5) is 16.3. The number of hydrogen-bond acceptors (Lipinski definition) is 3. The number of amides is 1. The molecule has 0 radical (unpaired) electrons. The van der Waals surface area contributed by atoms with Gasteiger partial charge in [0.15, 0.2) is 5.71 Å². The smallest absolute Gasteiger partial charge is 0.273 e. The lowest BCUT2D eigenvalue weighted by Gasteiger charge is -2.08. The molecule has 0 aliphatic heterocycles. The third kappa shape index (κ3) is 2.82. The molecule has 86 valence electrons. The number of nitrogens with one attached hydrogen (secondary N) is 1. The third-order valence-electron chi connectivity index (χ3n) is 2.04. The topological polar surface area (TPSA) is 50.7 Å². The number of carbonyl (C=O) groups is 1. The van der Waals surface area contributed by atoms with Crippen LogP contribution in [0.2, 0.25) is 0 Å². The summed E-state index contributed by atoms with van der Waals surface area (Å²) in [5.41, 5.74) is 2.03. The Kier molecular flexibility index (Phi) is 4.98. The van der Waals surface area contributed by atoms with E-state index in [2.05, 4.69) is 26.4 Å². The summed E-state index contributed by atoms with van der Waals surface area (Å²) in [6, 6.07) is 7.53. The number of halogens is 1. The predicted octanol–water partition coefficient (Wildman–Crippen LogP) is 1.68. The molecule has 4 nitrogen and oxygen atoms in total. The van der Waals surface area contributed by atoms with Crippen LogP contribution < -0.4 is 5.32 Å². The summed E-state index contributed by atoms with van der Waals surface area (Å²) in [5, 5.41) is 6.95. The van der Waals surface area contributed by atoms with Crippen LogP contribution in [0.25, 0.3) is 0 Å². The zero-order valence-electron chi connectivity index (χ0n) is 9.16. The van der Waals surface area contributed by atoms with Crippen molar-refractivity contribution in [2.75, 3.05) is 14.2 Å². The van der Waals surface area contributed by atoms with Gasteiger partial charge in [-0.15, -0.1) is 0 Å². The Balaban J connectivity index is 3.21. The first-order valence-corrected chi connectivity index (χ1v) is 5.84. The molecule has 0 atom stereocenters. The minimum Gasteiger partial charge on any atom is -0.398 e. The largest absolute Gasteiger partial charge is 0.398 e. The highest BCUT2D eigenvalue weighted by Gasteiger charge is 2.16. The van der Waals surface area contributed by atoms with Gasteiger partial charge in [0.25, 0.3) is 5.91 Å². The number of hydrogen-bond donors (Lipinski definition) is 1. The molecule has 16 heavy (non-hydrogen) atoms. The van der Waals surface area contributed by atoms with E-state index in [9.17, 15) is 4.79 Å². The maximum Gasteiger partial charge on any atom is 0.273 e. The van der Waals surface area contributed by atoms with Gasteiger partial charge in [-0.1, -0.05) is 45.4 Å². The first kappa shape index (κ1) is 12.7. The first-order valence-electron chi connectivity index (χ1n) is 4.72. The summed E-state index contributed by atoms with van der Waals surface area (Å²) in [6.45, 7) is 0. The van der Waals surface area contributed by atoms with E-state index in [4.69, 9.17) is 4.84 Å². The van der Waals surface area contributed by atoms with Gasteiger partial charge in [-0.05, 0) is 5.56 Å². The van der Waals surface area contributed by atoms with Crippen molar-refractivity contribution in [2.24, 2.45) is 5.16 Å². The van der Waals surface area contributed by atoms with Crippen LogP contribution in [0.15, 0.2) is 29.4 Å². The molecule has 1 N–H and O–H groups in total. The minimum atomic E-state index is -0.268. The normalized spacial score (nSPS) is 11.1. The average Bonchev–Trinajstić information content (AvgIpc) is 2.35. The second-order valence-electron chi connectivity index (χ2n) is 2.99. The lowest BCUT2D eigenvalue weighted by Crippen LogP contribution is -2.29. The molecule has 1 amide bonds. The zero-order chi connectivity index (χ0) is 12.0. The molecule has 1 rings (SSSR count). The molecule has 0 aliphatic rings.